The van der Waals surface area contributed by atoms with Crippen LogP contribution in [-0.2, 0) is 6.54 Å². The Balaban J connectivity index is 2.32. The van der Waals surface area contributed by atoms with Gasteiger partial charge in [-0.2, -0.15) is 0 Å². The fraction of sp³-hybridized carbons (Fsp3) is 0.538. The first-order valence-corrected chi connectivity index (χ1v) is 5.95. The van der Waals surface area contributed by atoms with Gasteiger partial charge >= 0.3 is 0 Å². The van der Waals surface area contributed by atoms with Crippen LogP contribution in [-0.4, -0.2) is 27.2 Å². The van der Waals surface area contributed by atoms with Gasteiger partial charge in [-0.1, -0.05) is 0 Å². The minimum absolute atomic E-state index is 0.224. The first-order valence-electron chi connectivity index (χ1n) is 5.95. The number of unbranched alkanes of at least 4 members (excludes halogenated alkanes) is 1. The molecule has 1 aromatic carbocycles. The molecular weight excluding hydrogens is 219 g/mol. The van der Waals surface area contributed by atoms with Crippen molar-refractivity contribution in [3.63, 3.8) is 0 Å². The van der Waals surface area contributed by atoms with Gasteiger partial charge < -0.3 is 15.4 Å². The van der Waals surface area contributed by atoms with Gasteiger partial charge in [-0.3, -0.25) is 0 Å². The van der Waals surface area contributed by atoms with Gasteiger partial charge in [0, 0.05) is 12.1 Å². The molecule has 0 aliphatic carbocycles. The summed E-state index contributed by atoms with van der Waals surface area (Å²) in [6.07, 6.45) is 2.25. The first kappa shape index (κ1) is 13.9. The Morgan fingerprint density at radius 1 is 1.24 bits per heavy atom. The fourth-order valence-corrected chi connectivity index (χ4v) is 1.66. The van der Waals surface area contributed by atoms with Gasteiger partial charge in [0.15, 0.2) is 0 Å². The van der Waals surface area contributed by atoms with Gasteiger partial charge in [-0.05, 0) is 51.2 Å². The largest absolute Gasteiger partial charge is 0.496 e. The van der Waals surface area contributed by atoms with E-state index in [-0.39, 0.29) is 5.82 Å². The number of halogens is 1. The van der Waals surface area contributed by atoms with E-state index in [2.05, 4.69) is 10.6 Å². The molecule has 0 radical (unpaired) electrons. The SMILES string of the molecule is CNCCCCNCc1cc(F)ccc1OC. The van der Waals surface area contributed by atoms with E-state index in [1.807, 2.05) is 7.05 Å². The Labute approximate surface area is 102 Å². The fourth-order valence-electron chi connectivity index (χ4n) is 1.66. The van der Waals surface area contributed by atoms with Crippen molar-refractivity contribution in [3.05, 3.63) is 29.6 Å². The highest BCUT2D eigenvalue weighted by Crippen LogP contribution is 2.18. The summed E-state index contributed by atoms with van der Waals surface area (Å²) in [7, 11) is 3.55. The molecule has 0 atom stereocenters. The van der Waals surface area contributed by atoms with Crippen LogP contribution >= 0.6 is 0 Å². The second-order valence-corrected chi connectivity index (χ2v) is 3.94. The maximum atomic E-state index is 13.1. The number of rotatable bonds is 8. The minimum Gasteiger partial charge on any atom is -0.496 e. The van der Waals surface area contributed by atoms with Gasteiger partial charge in [-0.15, -0.1) is 0 Å². The molecule has 2 N–H and O–H groups in total. The average Bonchev–Trinajstić information content (AvgIpc) is 2.34. The van der Waals surface area contributed by atoms with E-state index in [1.54, 1.807) is 13.2 Å². The van der Waals surface area contributed by atoms with Crippen molar-refractivity contribution in [1.29, 1.82) is 0 Å². The lowest BCUT2D eigenvalue weighted by Gasteiger charge is -2.09. The van der Waals surface area contributed by atoms with Gasteiger partial charge in [0.05, 0.1) is 7.11 Å². The summed E-state index contributed by atoms with van der Waals surface area (Å²) in [4.78, 5) is 0. The summed E-state index contributed by atoms with van der Waals surface area (Å²) < 4.78 is 18.2. The van der Waals surface area contributed by atoms with Gasteiger partial charge in [0.25, 0.3) is 0 Å². The van der Waals surface area contributed by atoms with Crippen molar-refractivity contribution in [3.8, 4) is 5.75 Å². The predicted molar refractivity (Wildman–Crippen MR) is 67.8 cm³/mol. The lowest BCUT2D eigenvalue weighted by atomic mass is 10.2. The van der Waals surface area contributed by atoms with Crippen LogP contribution < -0.4 is 15.4 Å². The van der Waals surface area contributed by atoms with E-state index in [0.717, 1.165) is 37.2 Å². The highest BCUT2D eigenvalue weighted by atomic mass is 19.1. The highest BCUT2D eigenvalue weighted by molar-refractivity contribution is 5.33. The number of methoxy groups -OCH3 is 1. The number of hydrogen-bond donors (Lipinski definition) is 2. The zero-order valence-corrected chi connectivity index (χ0v) is 10.6. The van der Waals surface area contributed by atoms with Gasteiger partial charge in [0.2, 0.25) is 0 Å². The van der Waals surface area contributed by atoms with Crippen molar-refractivity contribution in [2.75, 3.05) is 27.2 Å². The van der Waals surface area contributed by atoms with Crippen LogP contribution in [0.3, 0.4) is 0 Å². The molecule has 0 saturated heterocycles. The Kier molecular flexibility index (Phi) is 6.58. The monoisotopic (exact) mass is 240 g/mol. The van der Waals surface area contributed by atoms with Crippen molar-refractivity contribution in [2.45, 2.75) is 19.4 Å². The van der Waals surface area contributed by atoms with Crippen LogP contribution in [0.1, 0.15) is 18.4 Å². The molecule has 0 spiro atoms. The van der Waals surface area contributed by atoms with Crippen LogP contribution in [0.25, 0.3) is 0 Å². The lowest BCUT2D eigenvalue weighted by molar-refractivity contribution is 0.406. The van der Waals surface area contributed by atoms with Crippen LogP contribution in [0.5, 0.6) is 5.75 Å². The molecule has 0 aromatic heterocycles. The zero-order chi connectivity index (χ0) is 12.5. The highest BCUT2D eigenvalue weighted by Gasteiger charge is 2.03. The maximum Gasteiger partial charge on any atom is 0.123 e. The third-order valence-electron chi connectivity index (χ3n) is 2.59. The third-order valence-corrected chi connectivity index (χ3v) is 2.59. The van der Waals surface area contributed by atoms with Crippen molar-refractivity contribution in [2.24, 2.45) is 0 Å². The van der Waals surface area contributed by atoms with E-state index in [4.69, 9.17) is 4.74 Å². The Hall–Kier alpha value is -1.13. The molecule has 3 nitrogen and oxygen atoms in total. The summed E-state index contributed by atoms with van der Waals surface area (Å²) in [6, 6.07) is 4.59. The topological polar surface area (TPSA) is 33.3 Å². The molecule has 17 heavy (non-hydrogen) atoms. The second-order valence-electron chi connectivity index (χ2n) is 3.94. The van der Waals surface area contributed by atoms with E-state index in [9.17, 15) is 4.39 Å². The maximum absolute atomic E-state index is 13.1. The molecule has 0 bridgehead atoms. The molecule has 0 fully saturated rings. The minimum atomic E-state index is -0.224. The smallest absolute Gasteiger partial charge is 0.123 e. The van der Waals surface area contributed by atoms with Crippen molar-refractivity contribution < 1.29 is 9.13 Å². The summed E-state index contributed by atoms with van der Waals surface area (Å²) in [5, 5.41) is 6.39. The summed E-state index contributed by atoms with van der Waals surface area (Å²) in [5.74, 6) is 0.506. The Bertz CT molecular complexity index is 331. The predicted octanol–water partition coefficient (Wildman–Crippen LogP) is 1.92. The number of nitrogens with one attached hydrogen (secondary N) is 2. The van der Waals surface area contributed by atoms with Crippen LogP contribution in [0.4, 0.5) is 4.39 Å². The summed E-state index contributed by atoms with van der Waals surface area (Å²) >= 11 is 0. The molecule has 4 heteroatoms. The number of ether oxygens (including phenoxy) is 1. The van der Waals surface area contributed by atoms with Gasteiger partial charge in [-0.25, -0.2) is 4.39 Å². The normalized spacial score (nSPS) is 10.5. The molecule has 0 saturated carbocycles. The molecule has 96 valence electrons. The van der Waals surface area contributed by atoms with E-state index in [1.165, 1.54) is 12.1 Å². The van der Waals surface area contributed by atoms with Gasteiger partial charge in [0.1, 0.15) is 11.6 Å². The number of benzene rings is 1. The first-order chi connectivity index (χ1) is 8.27. The zero-order valence-electron chi connectivity index (χ0n) is 10.6. The van der Waals surface area contributed by atoms with E-state index < -0.39 is 0 Å². The van der Waals surface area contributed by atoms with Crippen molar-refractivity contribution in [1.82, 2.24) is 10.6 Å². The summed E-state index contributed by atoms with van der Waals surface area (Å²) in [6.45, 7) is 2.60. The standard InChI is InChI=1S/C13H21FN2O/c1-15-7-3-4-8-16-10-11-9-12(14)5-6-13(11)17-2/h5-6,9,15-16H,3-4,7-8,10H2,1-2H3. The Morgan fingerprint density at radius 2 is 2.00 bits per heavy atom. The molecule has 1 aromatic rings. The molecule has 0 heterocycles. The van der Waals surface area contributed by atoms with Crippen molar-refractivity contribution >= 4 is 0 Å². The Morgan fingerprint density at radius 3 is 2.71 bits per heavy atom. The van der Waals surface area contributed by atoms with Crippen LogP contribution in [0.2, 0.25) is 0 Å². The third kappa shape index (κ3) is 5.15. The van der Waals surface area contributed by atoms with E-state index in [0.29, 0.717) is 6.54 Å². The molecule has 0 aliphatic heterocycles. The molecule has 1 rings (SSSR count). The van der Waals surface area contributed by atoms with E-state index >= 15 is 0 Å². The molecule has 0 amide bonds. The summed E-state index contributed by atoms with van der Waals surface area (Å²) in [5.41, 5.74) is 0.862. The second kappa shape index (κ2) is 8.03. The lowest BCUT2D eigenvalue weighted by Crippen LogP contribution is -2.17. The molecular formula is C13H21FN2O. The van der Waals surface area contributed by atoms with Crippen LogP contribution in [0, 0.1) is 5.82 Å². The molecule has 0 unspecified atom stereocenters. The molecule has 0 aliphatic rings. The number of hydrogen-bond acceptors (Lipinski definition) is 3. The quantitative estimate of drug-likeness (QED) is 0.681. The average molecular weight is 240 g/mol. The van der Waals surface area contributed by atoms with Crippen LogP contribution in [0.15, 0.2) is 18.2 Å².